The first-order chi connectivity index (χ1) is 8.97. The van der Waals surface area contributed by atoms with Gasteiger partial charge in [-0.15, -0.1) is 0 Å². The molecule has 0 saturated heterocycles. The van der Waals surface area contributed by atoms with Crippen LogP contribution in [-0.2, 0) is 11.2 Å². The van der Waals surface area contributed by atoms with E-state index in [1.54, 1.807) is 6.07 Å². The van der Waals surface area contributed by atoms with Gasteiger partial charge in [0.1, 0.15) is 11.5 Å². The number of hydrogen-bond acceptors (Lipinski definition) is 3. The van der Waals surface area contributed by atoms with Crippen LogP contribution in [0.5, 0.6) is 11.5 Å². The van der Waals surface area contributed by atoms with E-state index in [4.69, 9.17) is 4.74 Å². The number of rotatable bonds is 0. The normalized spacial score (nSPS) is 20.6. The van der Waals surface area contributed by atoms with E-state index in [1.165, 1.54) is 6.07 Å². The second-order valence-electron chi connectivity index (χ2n) is 5.14. The molecule has 0 radical (unpaired) electrons. The lowest BCUT2D eigenvalue weighted by atomic mass is 9.92. The standard InChI is InChI=1S/C16H20O3/c1-10-5-4-6-11(2)19-12(3)7-13-8-14(17)9-15(18)16(10)13/h8-9,11,17-18H,1,3-7H2,2H3. The van der Waals surface area contributed by atoms with Gasteiger partial charge in [0.25, 0.3) is 0 Å². The summed E-state index contributed by atoms with van der Waals surface area (Å²) in [4.78, 5) is 0. The van der Waals surface area contributed by atoms with Crippen LogP contribution in [0.25, 0.3) is 5.57 Å². The van der Waals surface area contributed by atoms with Crippen molar-refractivity contribution in [2.45, 2.75) is 38.7 Å². The number of hydrogen-bond donors (Lipinski definition) is 2. The van der Waals surface area contributed by atoms with Crippen molar-refractivity contribution in [2.24, 2.45) is 0 Å². The van der Waals surface area contributed by atoms with E-state index in [1.807, 2.05) is 6.92 Å². The lowest BCUT2D eigenvalue weighted by Gasteiger charge is -2.21. The predicted octanol–water partition coefficient (Wildman–Crippen LogP) is 3.76. The fraction of sp³-hybridized carbons (Fsp3) is 0.375. The third kappa shape index (κ3) is 3.11. The third-order valence-corrected chi connectivity index (χ3v) is 3.38. The number of ether oxygens (including phenoxy) is 1. The quantitative estimate of drug-likeness (QED) is 0.746. The van der Waals surface area contributed by atoms with Crippen molar-refractivity contribution in [1.29, 1.82) is 0 Å². The molecule has 3 nitrogen and oxygen atoms in total. The number of phenolic OH excluding ortho intramolecular Hbond substituents is 2. The molecule has 2 rings (SSSR count). The average molecular weight is 260 g/mol. The SMILES string of the molecule is C=C1Cc2cc(O)cc(O)c2C(=C)CCCC(C)O1. The van der Waals surface area contributed by atoms with Crippen molar-refractivity contribution in [2.75, 3.05) is 0 Å². The topological polar surface area (TPSA) is 49.7 Å². The molecule has 0 fully saturated rings. The van der Waals surface area contributed by atoms with E-state index in [-0.39, 0.29) is 17.6 Å². The van der Waals surface area contributed by atoms with Gasteiger partial charge < -0.3 is 14.9 Å². The minimum absolute atomic E-state index is 0.0435. The van der Waals surface area contributed by atoms with Crippen LogP contribution in [-0.4, -0.2) is 16.3 Å². The molecule has 19 heavy (non-hydrogen) atoms. The second kappa shape index (κ2) is 5.39. The third-order valence-electron chi connectivity index (χ3n) is 3.38. The van der Waals surface area contributed by atoms with Crippen molar-refractivity contribution in [3.05, 3.63) is 42.2 Å². The molecule has 1 aliphatic rings. The van der Waals surface area contributed by atoms with E-state index in [0.29, 0.717) is 12.2 Å². The Balaban J connectivity index is 2.44. The Bertz CT molecular complexity index is 517. The molecule has 3 heteroatoms. The summed E-state index contributed by atoms with van der Waals surface area (Å²) in [6.45, 7) is 9.99. The van der Waals surface area contributed by atoms with E-state index in [9.17, 15) is 10.2 Å². The summed E-state index contributed by atoms with van der Waals surface area (Å²) in [5, 5.41) is 19.7. The first-order valence-corrected chi connectivity index (χ1v) is 6.55. The zero-order chi connectivity index (χ0) is 14.0. The highest BCUT2D eigenvalue weighted by molar-refractivity contribution is 5.72. The van der Waals surface area contributed by atoms with Gasteiger partial charge >= 0.3 is 0 Å². The molecule has 0 aromatic heterocycles. The van der Waals surface area contributed by atoms with Crippen LogP contribution in [0.2, 0.25) is 0 Å². The molecular formula is C16H20O3. The average Bonchev–Trinajstić information content (AvgIpc) is 2.26. The van der Waals surface area contributed by atoms with Gasteiger partial charge in [0, 0.05) is 18.1 Å². The van der Waals surface area contributed by atoms with Crippen LogP contribution < -0.4 is 0 Å². The van der Waals surface area contributed by atoms with Crippen LogP contribution in [0.1, 0.15) is 37.3 Å². The molecule has 2 N–H and O–H groups in total. The lowest BCUT2D eigenvalue weighted by Crippen LogP contribution is -2.11. The van der Waals surface area contributed by atoms with Gasteiger partial charge in [0.2, 0.25) is 0 Å². The van der Waals surface area contributed by atoms with Crippen molar-refractivity contribution in [3.8, 4) is 11.5 Å². The molecular weight excluding hydrogens is 240 g/mol. The highest BCUT2D eigenvalue weighted by atomic mass is 16.5. The number of phenols is 2. The van der Waals surface area contributed by atoms with Crippen LogP contribution in [0.3, 0.4) is 0 Å². The van der Waals surface area contributed by atoms with Crippen LogP contribution in [0.4, 0.5) is 0 Å². The highest BCUT2D eigenvalue weighted by Crippen LogP contribution is 2.36. The van der Waals surface area contributed by atoms with Crippen molar-refractivity contribution in [3.63, 3.8) is 0 Å². The van der Waals surface area contributed by atoms with Gasteiger partial charge in [-0.1, -0.05) is 13.2 Å². The minimum Gasteiger partial charge on any atom is -0.508 e. The Morgan fingerprint density at radius 1 is 1.26 bits per heavy atom. The molecule has 0 spiro atoms. The number of allylic oxidation sites excluding steroid dienone is 2. The van der Waals surface area contributed by atoms with E-state index >= 15 is 0 Å². The van der Waals surface area contributed by atoms with Gasteiger partial charge in [-0.25, -0.2) is 0 Å². The summed E-state index contributed by atoms with van der Waals surface area (Å²) in [6, 6.07) is 2.99. The van der Waals surface area contributed by atoms with Crippen LogP contribution in [0.15, 0.2) is 31.0 Å². The molecule has 1 aromatic carbocycles. The van der Waals surface area contributed by atoms with E-state index < -0.39 is 0 Å². The zero-order valence-electron chi connectivity index (χ0n) is 11.3. The summed E-state index contributed by atoms with van der Waals surface area (Å²) in [7, 11) is 0. The van der Waals surface area contributed by atoms with Crippen LogP contribution >= 0.6 is 0 Å². The Labute approximate surface area is 113 Å². The maximum Gasteiger partial charge on any atom is 0.127 e. The maximum absolute atomic E-state index is 10.0. The predicted molar refractivity (Wildman–Crippen MR) is 76.0 cm³/mol. The van der Waals surface area contributed by atoms with Crippen molar-refractivity contribution >= 4 is 5.57 Å². The summed E-state index contributed by atoms with van der Waals surface area (Å²) >= 11 is 0. The number of benzene rings is 1. The molecule has 0 saturated carbocycles. The zero-order valence-corrected chi connectivity index (χ0v) is 11.3. The highest BCUT2D eigenvalue weighted by Gasteiger charge is 2.17. The fourth-order valence-electron chi connectivity index (χ4n) is 2.54. The first kappa shape index (κ1) is 13.5. The van der Waals surface area contributed by atoms with Crippen molar-refractivity contribution in [1.82, 2.24) is 0 Å². The largest absolute Gasteiger partial charge is 0.508 e. The summed E-state index contributed by atoms with van der Waals surface area (Å²) in [6.07, 6.45) is 3.30. The molecule has 1 aliphatic heterocycles. The maximum atomic E-state index is 10.0. The molecule has 0 bridgehead atoms. The Kier molecular flexibility index (Phi) is 3.84. The molecule has 1 unspecified atom stereocenters. The van der Waals surface area contributed by atoms with Gasteiger partial charge in [0.15, 0.2) is 0 Å². The smallest absolute Gasteiger partial charge is 0.127 e. The van der Waals surface area contributed by atoms with Gasteiger partial charge in [-0.2, -0.15) is 0 Å². The monoisotopic (exact) mass is 260 g/mol. The molecule has 102 valence electrons. The lowest BCUT2D eigenvalue weighted by molar-refractivity contribution is 0.119. The van der Waals surface area contributed by atoms with Gasteiger partial charge in [-0.3, -0.25) is 0 Å². The number of aromatic hydroxyl groups is 2. The van der Waals surface area contributed by atoms with E-state index in [2.05, 4.69) is 13.2 Å². The molecule has 0 amide bonds. The molecule has 1 aromatic rings. The Morgan fingerprint density at radius 2 is 2.00 bits per heavy atom. The van der Waals surface area contributed by atoms with Gasteiger partial charge in [0.05, 0.1) is 11.9 Å². The molecule has 0 aliphatic carbocycles. The summed E-state index contributed by atoms with van der Waals surface area (Å²) in [5.41, 5.74) is 2.42. The van der Waals surface area contributed by atoms with E-state index in [0.717, 1.165) is 36.0 Å². The summed E-state index contributed by atoms with van der Waals surface area (Å²) in [5.74, 6) is 0.761. The summed E-state index contributed by atoms with van der Waals surface area (Å²) < 4.78 is 5.71. The van der Waals surface area contributed by atoms with Crippen molar-refractivity contribution < 1.29 is 14.9 Å². The molecule has 1 atom stereocenters. The second-order valence-corrected chi connectivity index (χ2v) is 5.14. The number of fused-ring (bicyclic) bond motifs is 1. The first-order valence-electron chi connectivity index (χ1n) is 6.55. The van der Waals surface area contributed by atoms with Gasteiger partial charge in [-0.05, 0) is 43.4 Å². The Hall–Kier alpha value is -1.90. The minimum atomic E-state index is 0.0435. The Morgan fingerprint density at radius 3 is 2.74 bits per heavy atom. The molecule has 1 heterocycles. The fourth-order valence-corrected chi connectivity index (χ4v) is 2.54. The van der Waals surface area contributed by atoms with Crippen LogP contribution in [0, 0.1) is 0 Å².